The van der Waals surface area contributed by atoms with E-state index >= 15 is 0 Å². The van der Waals surface area contributed by atoms with Crippen LogP contribution in [0.1, 0.15) is 23.4 Å². The number of aliphatic carboxylic acids is 1. The number of carboxylic acids is 1. The van der Waals surface area contributed by atoms with Crippen molar-refractivity contribution in [3.8, 4) is 0 Å². The minimum atomic E-state index is -0.810. The van der Waals surface area contributed by atoms with E-state index in [0.717, 1.165) is 12.8 Å². The van der Waals surface area contributed by atoms with Crippen molar-refractivity contribution >= 4 is 11.9 Å². The van der Waals surface area contributed by atoms with Crippen molar-refractivity contribution in [1.82, 2.24) is 10.2 Å². The van der Waals surface area contributed by atoms with Crippen molar-refractivity contribution in [2.24, 2.45) is 5.92 Å². The van der Waals surface area contributed by atoms with E-state index in [4.69, 9.17) is 14.3 Å². The second kappa shape index (κ2) is 6.50. The Hall–Kier alpha value is -1.86. The number of hydrogen-bond acceptors (Lipinski definition) is 5. The molecule has 0 unspecified atom stereocenters. The fourth-order valence-corrected chi connectivity index (χ4v) is 3.44. The zero-order valence-electron chi connectivity index (χ0n) is 12.2. The number of ether oxygens (including phenoxy) is 1. The summed E-state index contributed by atoms with van der Waals surface area (Å²) in [6, 6.07) is 3.43. The number of hydrogen-bond donors (Lipinski definition) is 2. The van der Waals surface area contributed by atoms with Gasteiger partial charge in [-0.1, -0.05) is 0 Å². The van der Waals surface area contributed by atoms with E-state index in [-0.39, 0.29) is 30.5 Å². The highest BCUT2D eigenvalue weighted by atomic mass is 16.5. The number of nitrogens with one attached hydrogen (secondary N) is 1. The van der Waals surface area contributed by atoms with E-state index in [1.54, 1.807) is 12.1 Å². The number of amides is 1. The van der Waals surface area contributed by atoms with Crippen LogP contribution in [0.5, 0.6) is 0 Å². The fraction of sp³-hybridized carbons (Fsp3) is 0.600. The van der Waals surface area contributed by atoms with E-state index in [1.165, 1.54) is 6.26 Å². The summed E-state index contributed by atoms with van der Waals surface area (Å²) in [5.41, 5.74) is 0. The van der Waals surface area contributed by atoms with Crippen molar-refractivity contribution in [3.63, 3.8) is 0 Å². The van der Waals surface area contributed by atoms with Crippen molar-refractivity contribution in [3.05, 3.63) is 24.2 Å². The van der Waals surface area contributed by atoms with Crippen molar-refractivity contribution < 1.29 is 23.8 Å². The molecule has 1 aliphatic heterocycles. The number of fused-ring (bicyclic) bond motifs is 1. The summed E-state index contributed by atoms with van der Waals surface area (Å²) in [6.45, 7) is 1.76. The van der Waals surface area contributed by atoms with E-state index in [0.29, 0.717) is 25.5 Å². The van der Waals surface area contributed by atoms with Crippen LogP contribution in [0.25, 0.3) is 0 Å². The van der Waals surface area contributed by atoms with Crippen LogP contribution < -0.4 is 5.32 Å². The molecule has 2 N–H and O–H groups in total. The summed E-state index contributed by atoms with van der Waals surface area (Å²) in [6.07, 6.45) is 3.28. The van der Waals surface area contributed by atoms with Gasteiger partial charge in [0.25, 0.3) is 5.91 Å². The van der Waals surface area contributed by atoms with Crippen LogP contribution in [0, 0.1) is 5.92 Å². The quantitative estimate of drug-likeness (QED) is 0.826. The number of morpholine rings is 1. The Balaban J connectivity index is 1.55. The lowest BCUT2D eigenvalue weighted by molar-refractivity contribution is -0.142. The standard InChI is InChI=1S/C15H20N2O5/c18-13(19)9-17-5-7-22-14-10(3-4-11(14)17)8-16-15(20)12-2-1-6-21-12/h1-2,6,10-11,14H,3-5,7-9H2,(H,16,20)(H,18,19)/t10-,11-,14-/m1/s1. The lowest BCUT2D eigenvalue weighted by Crippen LogP contribution is -2.52. The monoisotopic (exact) mass is 308 g/mol. The molecule has 3 atom stereocenters. The van der Waals surface area contributed by atoms with Crippen molar-refractivity contribution in [2.45, 2.75) is 25.0 Å². The maximum absolute atomic E-state index is 11.9. The summed E-state index contributed by atoms with van der Waals surface area (Å²) < 4.78 is 10.9. The highest BCUT2D eigenvalue weighted by Gasteiger charge is 2.43. The largest absolute Gasteiger partial charge is 0.480 e. The average molecular weight is 308 g/mol. The molecule has 0 spiro atoms. The number of rotatable bonds is 5. The number of carbonyl (C=O) groups is 2. The molecule has 0 bridgehead atoms. The highest BCUT2D eigenvalue weighted by molar-refractivity contribution is 5.91. The molecule has 2 heterocycles. The third-order valence-corrected chi connectivity index (χ3v) is 4.44. The second-order valence-electron chi connectivity index (χ2n) is 5.79. The van der Waals surface area contributed by atoms with Gasteiger partial charge in [-0.25, -0.2) is 0 Å². The molecule has 7 heteroatoms. The van der Waals surface area contributed by atoms with Gasteiger partial charge < -0.3 is 19.6 Å². The molecule has 1 aliphatic carbocycles. The van der Waals surface area contributed by atoms with Gasteiger partial charge in [0.1, 0.15) is 0 Å². The molecule has 0 radical (unpaired) electrons. The Labute approximate surface area is 128 Å². The molecule has 120 valence electrons. The van der Waals surface area contributed by atoms with Gasteiger partial charge in [0.15, 0.2) is 5.76 Å². The van der Waals surface area contributed by atoms with E-state index in [9.17, 15) is 9.59 Å². The molecule has 2 aliphatic rings. The first kappa shape index (κ1) is 15.1. The topological polar surface area (TPSA) is 92.0 Å². The first-order valence-electron chi connectivity index (χ1n) is 7.54. The third-order valence-electron chi connectivity index (χ3n) is 4.44. The van der Waals surface area contributed by atoms with Gasteiger partial charge in [-0.05, 0) is 25.0 Å². The molecule has 1 amide bonds. The SMILES string of the molecule is O=C(O)CN1CCO[C@@H]2[C@@H](CNC(=O)c3ccco3)CC[C@H]21. The van der Waals surface area contributed by atoms with Gasteiger partial charge in [0, 0.05) is 25.0 Å². The molecule has 3 rings (SSSR count). The first-order valence-corrected chi connectivity index (χ1v) is 7.54. The smallest absolute Gasteiger partial charge is 0.317 e. The van der Waals surface area contributed by atoms with Gasteiger partial charge in [-0.15, -0.1) is 0 Å². The number of nitrogens with zero attached hydrogens (tertiary/aromatic N) is 1. The lowest BCUT2D eigenvalue weighted by atomic mass is 10.0. The molecule has 22 heavy (non-hydrogen) atoms. The van der Waals surface area contributed by atoms with Crippen LogP contribution >= 0.6 is 0 Å². The maximum atomic E-state index is 11.9. The van der Waals surface area contributed by atoms with E-state index < -0.39 is 5.97 Å². The number of carboxylic acid groups (broad SMARTS) is 1. The molecule has 1 saturated carbocycles. The first-order chi connectivity index (χ1) is 10.6. The van der Waals surface area contributed by atoms with Crippen LogP contribution in [0.2, 0.25) is 0 Å². The molecule has 7 nitrogen and oxygen atoms in total. The lowest BCUT2D eigenvalue weighted by Gasteiger charge is -2.38. The average Bonchev–Trinajstić information content (AvgIpc) is 3.14. The van der Waals surface area contributed by atoms with Gasteiger partial charge >= 0.3 is 5.97 Å². The number of carbonyl (C=O) groups excluding carboxylic acids is 1. The fourth-order valence-electron chi connectivity index (χ4n) is 3.44. The van der Waals surface area contributed by atoms with Crippen molar-refractivity contribution in [1.29, 1.82) is 0 Å². The summed E-state index contributed by atoms with van der Waals surface area (Å²) in [7, 11) is 0. The minimum absolute atomic E-state index is 0.00926. The molecule has 1 aromatic heterocycles. The summed E-state index contributed by atoms with van der Waals surface area (Å²) in [5.74, 6) is -0.533. The molecule has 1 saturated heterocycles. The van der Waals surface area contributed by atoms with Crippen molar-refractivity contribution in [2.75, 3.05) is 26.2 Å². The van der Waals surface area contributed by atoms with E-state index in [1.807, 2.05) is 4.90 Å². The number of furan rings is 1. The third kappa shape index (κ3) is 3.15. The molecular formula is C15H20N2O5. The van der Waals surface area contributed by atoms with E-state index in [2.05, 4.69) is 5.32 Å². The second-order valence-corrected chi connectivity index (χ2v) is 5.79. The van der Waals surface area contributed by atoms with Crippen LogP contribution in [-0.2, 0) is 9.53 Å². The van der Waals surface area contributed by atoms with Crippen LogP contribution in [-0.4, -0.2) is 60.3 Å². The normalized spacial score (nSPS) is 28.3. The molecule has 1 aromatic rings. The zero-order chi connectivity index (χ0) is 15.5. The Morgan fingerprint density at radius 3 is 3.00 bits per heavy atom. The zero-order valence-corrected chi connectivity index (χ0v) is 12.2. The Bertz CT molecular complexity index is 530. The predicted molar refractivity (Wildman–Crippen MR) is 76.5 cm³/mol. The molecule has 2 fully saturated rings. The minimum Gasteiger partial charge on any atom is -0.480 e. The Kier molecular flexibility index (Phi) is 4.44. The Morgan fingerprint density at radius 2 is 2.27 bits per heavy atom. The summed E-state index contributed by atoms with van der Waals surface area (Å²) in [4.78, 5) is 24.8. The van der Waals surface area contributed by atoms with Crippen LogP contribution in [0.4, 0.5) is 0 Å². The van der Waals surface area contributed by atoms with Gasteiger partial charge in [0.05, 0.1) is 25.5 Å². The van der Waals surface area contributed by atoms with Crippen LogP contribution in [0.3, 0.4) is 0 Å². The Morgan fingerprint density at radius 1 is 1.41 bits per heavy atom. The summed E-state index contributed by atoms with van der Waals surface area (Å²) in [5, 5.41) is 11.9. The van der Waals surface area contributed by atoms with Gasteiger partial charge in [-0.2, -0.15) is 0 Å². The van der Waals surface area contributed by atoms with Gasteiger partial charge in [0.2, 0.25) is 0 Å². The maximum Gasteiger partial charge on any atom is 0.317 e. The van der Waals surface area contributed by atoms with Gasteiger partial charge in [-0.3, -0.25) is 14.5 Å². The highest BCUT2D eigenvalue weighted by Crippen LogP contribution is 2.34. The van der Waals surface area contributed by atoms with Crippen LogP contribution in [0.15, 0.2) is 22.8 Å². The summed E-state index contributed by atoms with van der Waals surface area (Å²) >= 11 is 0. The molecule has 0 aromatic carbocycles. The molecular weight excluding hydrogens is 288 g/mol. The predicted octanol–water partition coefficient (Wildman–Crippen LogP) is 0.573.